The Morgan fingerprint density at radius 1 is 1.00 bits per heavy atom. The Kier molecular flexibility index (Phi) is 8.46. The molecule has 0 atom stereocenters. The molecule has 0 aliphatic carbocycles. The second-order valence-electron chi connectivity index (χ2n) is 5.98. The van der Waals surface area contributed by atoms with Crippen LogP contribution in [0, 0.1) is 11.8 Å². The molecule has 6 nitrogen and oxygen atoms in total. The molecule has 2 rings (SSSR count). The van der Waals surface area contributed by atoms with Gasteiger partial charge in [0, 0.05) is 16.7 Å². The normalized spacial score (nSPS) is 11.3. The summed E-state index contributed by atoms with van der Waals surface area (Å²) in [5, 5.41) is 7.83. The van der Waals surface area contributed by atoms with Gasteiger partial charge in [0.05, 0.1) is 7.11 Å². The number of hydrogen-bond acceptors (Lipinski definition) is 6. The van der Waals surface area contributed by atoms with Gasteiger partial charge in [0.15, 0.2) is 5.71 Å². The fraction of sp³-hybridized carbons (Fsp3) is 0.261. The third-order valence-electron chi connectivity index (χ3n) is 4.03. The smallest absolute Gasteiger partial charge is 0.360 e. The van der Waals surface area contributed by atoms with Crippen LogP contribution in [-0.4, -0.2) is 31.6 Å². The number of nitrogens with zero attached hydrogens (tertiary/aromatic N) is 2. The van der Waals surface area contributed by atoms with E-state index in [4.69, 9.17) is 14.4 Å². The number of ether oxygens (including phenoxy) is 1. The van der Waals surface area contributed by atoms with Crippen molar-refractivity contribution in [3.63, 3.8) is 0 Å². The first-order chi connectivity index (χ1) is 14.1. The van der Waals surface area contributed by atoms with Crippen LogP contribution in [0.15, 0.2) is 58.8 Å². The summed E-state index contributed by atoms with van der Waals surface area (Å²) >= 11 is 0. The molecule has 0 aromatic heterocycles. The largest absolute Gasteiger partial charge is 0.464 e. The molecule has 0 radical (unpaired) electrons. The van der Waals surface area contributed by atoms with Crippen molar-refractivity contribution in [2.45, 2.75) is 26.9 Å². The molecular weight excluding hydrogens is 368 g/mol. The van der Waals surface area contributed by atoms with Crippen LogP contribution in [0.3, 0.4) is 0 Å². The van der Waals surface area contributed by atoms with Crippen molar-refractivity contribution in [3.8, 4) is 11.8 Å². The fourth-order valence-electron chi connectivity index (χ4n) is 2.59. The maximum atomic E-state index is 12.0. The summed E-state index contributed by atoms with van der Waals surface area (Å²) in [6.07, 6.45) is 0.917. The molecule has 0 saturated carbocycles. The van der Waals surface area contributed by atoms with Crippen molar-refractivity contribution >= 4 is 17.4 Å². The van der Waals surface area contributed by atoms with E-state index < -0.39 is 5.97 Å². The van der Waals surface area contributed by atoms with Crippen LogP contribution >= 0.6 is 0 Å². The Labute approximate surface area is 171 Å². The summed E-state index contributed by atoms with van der Waals surface area (Å²) in [7, 11) is 2.65. The number of carbonyl (C=O) groups excluding carboxylic acids is 1. The van der Waals surface area contributed by atoms with Crippen LogP contribution in [0.4, 0.5) is 0 Å². The molecule has 0 spiro atoms. The molecule has 0 aliphatic rings. The molecule has 0 aliphatic heterocycles. The minimum Gasteiger partial charge on any atom is -0.464 e. The zero-order chi connectivity index (χ0) is 21.1. The zero-order valence-corrected chi connectivity index (χ0v) is 17.1. The Bertz CT molecular complexity index is 968. The molecule has 6 heteroatoms. The van der Waals surface area contributed by atoms with E-state index in [1.54, 1.807) is 19.1 Å². The van der Waals surface area contributed by atoms with E-state index in [9.17, 15) is 4.79 Å². The molecule has 0 amide bonds. The van der Waals surface area contributed by atoms with Gasteiger partial charge in [-0.25, -0.2) is 4.79 Å². The highest BCUT2D eigenvalue weighted by molar-refractivity contribution is 6.43. The topological polar surface area (TPSA) is 69.5 Å². The summed E-state index contributed by atoms with van der Waals surface area (Å²) < 4.78 is 4.77. The van der Waals surface area contributed by atoms with E-state index in [2.05, 4.69) is 35.1 Å². The first-order valence-corrected chi connectivity index (χ1v) is 9.14. The average molecular weight is 392 g/mol. The van der Waals surface area contributed by atoms with Gasteiger partial charge in [-0.3, -0.25) is 0 Å². The average Bonchev–Trinajstić information content (AvgIpc) is 2.76. The number of oxime groups is 2. The van der Waals surface area contributed by atoms with E-state index in [0.717, 1.165) is 17.5 Å². The Morgan fingerprint density at radius 2 is 1.69 bits per heavy atom. The van der Waals surface area contributed by atoms with Gasteiger partial charge in [0.25, 0.3) is 0 Å². The van der Waals surface area contributed by atoms with Gasteiger partial charge >= 0.3 is 5.97 Å². The fourth-order valence-corrected chi connectivity index (χ4v) is 2.59. The number of aryl methyl sites for hydroxylation is 1. The van der Waals surface area contributed by atoms with Gasteiger partial charge in [-0.1, -0.05) is 65.6 Å². The van der Waals surface area contributed by atoms with E-state index in [1.807, 2.05) is 30.3 Å². The second kappa shape index (κ2) is 11.3. The van der Waals surface area contributed by atoms with Gasteiger partial charge in [-0.15, -0.1) is 0 Å². The molecule has 0 fully saturated rings. The van der Waals surface area contributed by atoms with Crippen LogP contribution in [0.2, 0.25) is 0 Å². The quantitative estimate of drug-likeness (QED) is 0.312. The maximum Gasteiger partial charge on any atom is 0.360 e. The standard InChI is InChI=1S/C23H24N2O4/c1-5-18-10-6-7-11-19(18)15-14-17(2)24-29-16-20-12-8-9-13-21(20)22(25-28-4)23(26)27-3/h6-13H,5,16H2,1-4H3/b24-17+,25-22+. The number of rotatable bonds is 7. The van der Waals surface area contributed by atoms with Crippen molar-refractivity contribution < 1.29 is 19.2 Å². The summed E-state index contributed by atoms with van der Waals surface area (Å²) in [6, 6.07) is 15.2. The van der Waals surface area contributed by atoms with E-state index >= 15 is 0 Å². The lowest BCUT2D eigenvalue weighted by Crippen LogP contribution is -2.19. The maximum absolute atomic E-state index is 12.0. The number of methoxy groups -OCH3 is 1. The monoisotopic (exact) mass is 392 g/mol. The van der Waals surface area contributed by atoms with Crippen LogP contribution in [0.25, 0.3) is 0 Å². The van der Waals surface area contributed by atoms with Gasteiger partial charge in [-0.05, 0) is 30.9 Å². The second-order valence-corrected chi connectivity index (χ2v) is 5.98. The predicted octanol–water partition coefficient (Wildman–Crippen LogP) is 3.72. The number of hydrogen-bond donors (Lipinski definition) is 0. The molecule has 0 bridgehead atoms. The first-order valence-electron chi connectivity index (χ1n) is 9.14. The van der Waals surface area contributed by atoms with Crippen molar-refractivity contribution in [2.75, 3.05) is 14.2 Å². The number of carbonyl (C=O) groups is 1. The van der Waals surface area contributed by atoms with Crippen LogP contribution < -0.4 is 0 Å². The van der Waals surface area contributed by atoms with Crippen molar-refractivity contribution in [3.05, 3.63) is 70.8 Å². The number of benzene rings is 2. The highest BCUT2D eigenvalue weighted by Gasteiger charge is 2.19. The summed E-state index contributed by atoms with van der Waals surface area (Å²) in [4.78, 5) is 22.2. The van der Waals surface area contributed by atoms with Gasteiger partial charge in [-0.2, -0.15) is 0 Å². The Hall–Kier alpha value is -3.59. The van der Waals surface area contributed by atoms with Gasteiger partial charge in [0.1, 0.15) is 19.4 Å². The van der Waals surface area contributed by atoms with Crippen molar-refractivity contribution in [1.29, 1.82) is 0 Å². The summed E-state index contributed by atoms with van der Waals surface area (Å²) in [5.41, 5.74) is 4.05. The molecule has 2 aromatic carbocycles. The summed E-state index contributed by atoms with van der Waals surface area (Å²) in [6.45, 7) is 4.01. The molecule has 0 saturated heterocycles. The zero-order valence-electron chi connectivity index (χ0n) is 17.1. The Morgan fingerprint density at radius 3 is 2.38 bits per heavy atom. The van der Waals surface area contributed by atoms with Crippen LogP contribution in [-0.2, 0) is 32.2 Å². The van der Waals surface area contributed by atoms with E-state index in [1.165, 1.54) is 19.8 Å². The lowest BCUT2D eigenvalue weighted by atomic mass is 10.0. The van der Waals surface area contributed by atoms with E-state index in [0.29, 0.717) is 11.3 Å². The summed E-state index contributed by atoms with van der Waals surface area (Å²) in [5.74, 6) is 5.53. The lowest BCUT2D eigenvalue weighted by molar-refractivity contribution is -0.132. The highest BCUT2D eigenvalue weighted by Crippen LogP contribution is 2.13. The third-order valence-corrected chi connectivity index (χ3v) is 4.03. The minimum atomic E-state index is -0.598. The lowest BCUT2D eigenvalue weighted by Gasteiger charge is -2.09. The minimum absolute atomic E-state index is 0.0610. The Balaban J connectivity index is 2.14. The molecule has 0 N–H and O–H groups in total. The highest BCUT2D eigenvalue weighted by atomic mass is 16.6. The van der Waals surface area contributed by atoms with Crippen molar-refractivity contribution in [2.24, 2.45) is 10.3 Å². The van der Waals surface area contributed by atoms with Crippen molar-refractivity contribution in [1.82, 2.24) is 0 Å². The van der Waals surface area contributed by atoms with Crippen LogP contribution in [0.1, 0.15) is 36.1 Å². The molecule has 2 aromatic rings. The van der Waals surface area contributed by atoms with Crippen LogP contribution in [0.5, 0.6) is 0 Å². The van der Waals surface area contributed by atoms with Gasteiger partial charge in [0.2, 0.25) is 0 Å². The molecule has 29 heavy (non-hydrogen) atoms. The molecule has 150 valence electrons. The molecule has 0 unspecified atom stereocenters. The van der Waals surface area contributed by atoms with Gasteiger partial charge < -0.3 is 14.4 Å². The third kappa shape index (κ3) is 6.22. The SMILES string of the molecule is CCc1ccccc1C#C/C(C)=N/OCc1ccccc1/C(=N\OC)C(=O)OC. The van der Waals surface area contributed by atoms with E-state index in [-0.39, 0.29) is 12.3 Å². The predicted molar refractivity (Wildman–Crippen MR) is 113 cm³/mol. The first kappa shape index (κ1) is 21.7. The molecular formula is C23H24N2O4. The molecule has 0 heterocycles. The number of esters is 1.